The molecule has 1 saturated heterocycles. The lowest BCUT2D eigenvalue weighted by molar-refractivity contribution is 0.0565. The van der Waals surface area contributed by atoms with E-state index in [1.54, 1.807) is 0 Å². The van der Waals surface area contributed by atoms with Gasteiger partial charge in [0.25, 0.3) is 0 Å². The van der Waals surface area contributed by atoms with Gasteiger partial charge >= 0.3 is 6.09 Å². The zero-order valence-electron chi connectivity index (χ0n) is 11.5. The van der Waals surface area contributed by atoms with Crippen molar-refractivity contribution in [1.29, 1.82) is 0 Å². The standard InChI is InChI=1S/C12H19N5O2/c1-12(2,3)19-11(18)17(9-4-5-13-6-9)10-15-7-14-8-16-10/h7-9,13H,4-6H2,1-3H3/t9-/m1/s1. The summed E-state index contributed by atoms with van der Waals surface area (Å²) in [5, 5.41) is 3.22. The van der Waals surface area contributed by atoms with Gasteiger partial charge in [0.05, 0.1) is 6.04 Å². The average Bonchev–Trinajstić information content (AvgIpc) is 2.82. The molecule has 104 valence electrons. The van der Waals surface area contributed by atoms with Crippen molar-refractivity contribution in [3.63, 3.8) is 0 Å². The first-order valence-corrected chi connectivity index (χ1v) is 6.32. The number of ether oxygens (including phenoxy) is 1. The Labute approximate surface area is 112 Å². The summed E-state index contributed by atoms with van der Waals surface area (Å²) in [4.78, 5) is 25.7. The van der Waals surface area contributed by atoms with Crippen molar-refractivity contribution in [2.24, 2.45) is 0 Å². The van der Waals surface area contributed by atoms with E-state index in [9.17, 15) is 4.79 Å². The fourth-order valence-electron chi connectivity index (χ4n) is 1.92. The zero-order chi connectivity index (χ0) is 13.9. The lowest BCUT2D eigenvalue weighted by Gasteiger charge is -2.29. The molecule has 7 nitrogen and oxygen atoms in total. The molecule has 7 heteroatoms. The van der Waals surface area contributed by atoms with Crippen molar-refractivity contribution in [1.82, 2.24) is 20.3 Å². The molecule has 0 saturated carbocycles. The van der Waals surface area contributed by atoms with Gasteiger partial charge in [-0.25, -0.2) is 24.6 Å². The number of anilines is 1. The smallest absolute Gasteiger partial charge is 0.417 e. The SMILES string of the molecule is CC(C)(C)OC(=O)N(c1ncncn1)[C@@H]1CCNC1. The second-order valence-electron chi connectivity index (χ2n) is 5.44. The van der Waals surface area contributed by atoms with Crippen molar-refractivity contribution < 1.29 is 9.53 Å². The molecule has 0 aromatic carbocycles. The van der Waals surface area contributed by atoms with E-state index in [0.29, 0.717) is 12.5 Å². The molecule has 1 N–H and O–H groups in total. The van der Waals surface area contributed by atoms with E-state index in [4.69, 9.17) is 4.74 Å². The highest BCUT2D eigenvalue weighted by Crippen LogP contribution is 2.19. The van der Waals surface area contributed by atoms with Crippen LogP contribution in [0, 0.1) is 0 Å². The minimum absolute atomic E-state index is 0.0113. The van der Waals surface area contributed by atoms with Crippen molar-refractivity contribution in [2.75, 3.05) is 18.0 Å². The number of amides is 1. The summed E-state index contributed by atoms with van der Waals surface area (Å²) in [6.07, 6.45) is 3.18. The van der Waals surface area contributed by atoms with Crippen LogP contribution in [-0.2, 0) is 4.74 Å². The molecule has 0 aliphatic carbocycles. The van der Waals surface area contributed by atoms with Gasteiger partial charge in [-0.3, -0.25) is 0 Å². The maximum atomic E-state index is 12.3. The van der Waals surface area contributed by atoms with Crippen LogP contribution in [-0.4, -0.2) is 45.8 Å². The minimum Gasteiger partial charge on any atom is -0.443 e. The third kappa shape index (κ3) is 3.60. The number of rotatable bonds is 2. The van der Waals surface area contributed by atoms with Crippen molar-refractivity contribution in [3.8, 4) is 0 Å². The minimum atomic E-state index is -0.547. The fraction of sp³-hybridized carbons (Fsp3) is 0.667. The fourth-order valence-corrected chi connectivity index (χ4v) is 1.92. The van der Waals surface area contributed by atoms with Gasteiger partial charge in [0.2, 0.25) is 5.95 Å². The van der Waals surface area contributed by atoms with Crippen LogP contribution in [0.25, 0.3) is 0 Å². The summed E-state index contributed by atoms with van der Waals surface area (Å²) >= 11 is 0. The van der Waals surface area contributed by atoms with Crippen LogP contribution in [0.1, 0.15) is 27.2 Å². The maximum Gasteiger partial charge on any atom is 0.417 e. The predicted molar refractivity (Wildman–Crippen MR) is 69.8 cm³/mol. The molecule has 2 heterocycles. The second-order valence-corrected chi connectivity index (χ2v) is 5.44. The Balaban J connectivity index is 2.22. The van der Waals surface area contributed by atoms with Gasteiger partial charge in [0, 0.05) is 6.54 Å². The normalized spacial score (nSPS) is 19.2. The highest BCUT2D eigenvalue weighted by atomic mass is 16.6. The van der Waals surface area contributed by atoms with Gasteiger partial charge in [0.1, 0.15) is 18.3 Å². The number of aromatic nitrogens is 3. The Bertz CT molecular complexity index is 425. The summed E-state index contributed by atoms with van der Waals surface area (Å²) in [7, 11) is 0. The topological polar surface area (TPSA) is 80.2 Å². The molecule has 0 bridgehead atoms. The van der Waals surface area contributed by atoms with Gasteiger partial charge in [-0.15, -0.1) is 0 Å². The van der Waals surface area contributed by atoms with E-state index in [1.807, 2.05) is 20.8 Å². The first kappa shape index (κ1) is 13.7. The van der Waals surface area contributed by atoms with Gasteiger partial charge in [-0.05, 0) is 33.7 Å². The molecule has 1 aromatic heterocycles. The third-order valence-corrected chi connectivity index (χ3v) is 2.68. The Morgan fingerprint density at radius 3 is 2.63 bits per heavy atom. The van der Waals surface area contributed by atoms with Crippen molar-refractivity contribution in [3.05, 3.63) is 12.7 Å². The van der Waals surface area contributed by atoms with Crippen molar-refractivity contribution >= 4 is 12.0 Å². The van der Waals surface area contributed by atoms with Crippen LogP contribution in [0.3, 0.4) is 0 Å². The molecule has 1 amide bonds. The van der Waals surface area contributed by atoms with E-state index in [2.05, 4.69) is 20.3 Å². The van der Waals surface area contributed by atoms with Crippen molar-refractivity contribution in [2.45, 2.75) is 38.8 Å². The summed E-state index contributed by atoms with van der Waals surface area (Å²) in [5.41, 5.74) is -0.547. The van der Waals surface area contributed by atoms with Crippen LogP contribution < -0.4 is 10.2 Å². The molecule has 0 unspecified atom stereocenters. The third-order valence-electron chi connectivity index (χ3n) is 2.68. The highest BCUT2D eigenvalue weighted by molar-refractivity contribution is 5.86. The summed E-state index contributed by atoms with van der Waals surface area (Å²) < 4.78 is 5.43. The first-order valence-electron chi connectivity index (χ1n) is 6.32. The molecule has 1 atom stereocenters. The first-order chi connectivity index (χ1) is 8.97. The molecule has 1 aliphatic heterocycles. The van der Waals surface area contributed by atoms with Crippen LogP contribution >= 0.6 is 0 Å². The van der Waals surface area contributed by atoms with E-state index in [-0.39, 0.29) is 6.04 Å². The van der Waals surface area contributed by atoms with Gasteiger partial charge in [-0.2, -0.15) is 0 Å². The highest BCUT2D eigenvalue weighted by Gasteiger charge is 2.33. The molecule has 2 rings (SSSR count). The van der Waals surface area contributed by atoms with Gasteiger partial charge in [-0.1, -0.05) is 0 Å². The molecular formula is C12H19N5O2. The second kappa shape index (κ2) is 5.48. The number of hydrogen-bond acceptors (Lipinski definition) is 6. The Morgan fingerprint density at radius 2 is 2.11 bits per heavy atom. The van der Waals surface area contributed by atoms with E-state index < -0.39 is 11.7 Å². The Morgan fingerprint density at radius 1 is 1.42 bits per heavy atom. The largest absolute Gasteiger partial charge is 0.443 e. The molecular weight excluding hydrogens is 246 g/mol. The molecule has 1 aliphatic rings. The Kier molecular flexibility index (Phi) is 3.94. The van der Waals surface area contributed by atoms with Crippen LogP contribution in [0.2, 0.25) is 0 Å². The maximum absolute atomic E-state index is 12.3. The number of nitrogens with zero attached hydrogens (tertiary/aromatic N) is 4. The van der Waals surface area contributed by atoms with Crippen LogP contribution in [0.4, 0.5) is 10.7 Å². The Hall–Kier alpha value is -1.76. The number of nitrogens with one attached hydrogen (secondary N) is 1. The predicted octanol–water partition coefficient (Wildman–Crippen LogP) is 0.975. The number of carbonyl (C=O) groups is 1. The lowest BCUT2D eigenvalue weighted by atomic mass is 10.2. The summed E-state index contributed by atoms with van der Waals surface area (Å²) in [5.74, 6) is 0.331. The number of carbonyl (C=O) groups excluding carboxylic acids is 1. The van der Waals surface area contributed by atoms with E-state index >= 15 is 0 Å². The van der Waals surface area contributed by atoms with E-state index in [1.165, 1.54) is 17.6 Å². The molecule has 1 fully saturated rings. The molecule has 1 aromatic rings. The molecule has 0 spiro atoms. The zero-order valence-corrected chi connectivity index (χ0v) is 11.5. The average molecular weight is 265 g/mol. The quantitative estimate of drug-likeness (QED) is 0.858. The van der Waals surface area contributed by atoms with Crippen LogP contribution in [0.5, 0.6) is 0 Å². The lowest BCUT2D eigenvalue weighted by Crippen LogP contribution is -2.45. The molecule has 19 heavy (non-hydrogen) atoms. The van der Waals surface area contributed by atoms with Crippen LogP contribution in [0.15, 0.2) is 12.7 Å². The number of hydrogen-bond donors (Lipinski definition) is 1. The van der Waals surface area contributed by atoms with E-state index in [0.717, 1.165) is 13.0 Å². The summed E-state index contributed by atoms with van der Waals surface area (Å²) in [6.45, 7) is 7.09. The van der Waals surface area contributed by atoms with Gasteiger partial charge in [0.15, 0.2) is 0 Å². The monoisotopic (exact) mass is 265 g/mol. The van der Waals surface area contributed by atoms with Gasteiger partial charge < -0.3 is 10.1 Å². The molecule has 0 radical (unpaired) electrons. The summed E-state index contributed by atoms with van der Waals surface area (Å²) in [6, 6.07) is 0.0113.